The van der Waals surface area contributed by atoms with Crippen molar-refractivity contribution in [1.29, 1.82) is 0 Å². The number of imidazole rings is 1. The molecular formula is C14H15BrClN3O2. The van der Waals surface area contributed by atoms with Gasteiger partial charge in [-0.25, -0.2) is 9.97 Å². The van der Waals surface area contributed by atoms with Gasteiger partial charge < -0.3 is 4.74 Å². The highest BCUT2D eigenvalue weighted by molar-refractivity contribution is 9.10. The van der Waals surface area contributed by atoms with Crippen LogP contribution in [-0.4, -0.2) is 27.4 Å². The van der Waals surface area contributed by atoms with Crippen molar-refractivity contribution in [3.63, 3.8) is 0 Å². The van der Waals surface area contributed by atoms with Crippen LogP contribution in [0.25, 0.3) is 5.52 Å². The van der Waals surface area contributed by atoms with Crippen LogP contribution < -0.4 is 0 Å². The van der Waals surface area contributed by atoms with Gasteiger partial charge in [-0.2, -0.15) is 0 Å². The number of fused-ring (bicyclic) bond motifs is 1. The molecule has 2 aromatic rings. The summed E-state index contributed by atoms with van der Waals surface area (Å²) in [5.74, 6) is 1.22. The lowest BCUT2D eigenvalue weighted by Crippen LogP contribution is -2.22. The molecule has 7 heteroatoms. The fourth-order valence-electron chi connectivity index (χ4n) is 3.03. The van der Waals surface area contributed by atoms with Gasteiger partial charge in [0, 0.05) is 18.3 Å². The first-order chi connectivity index (χ1) is 10.1. The van der Waals surface area contributed by atoms with E-state index in [0.29, 0.717) is 15.7 Å². The lowest BCUT2D eigenvalue weighted by atomic mass is 9.81. The first-order valence-corrected chi connectivity index (χ1v) is 8.04. The predicted octanol–water partition coefficient (Wildman–Crippen LogP) is 3.59. The van der Waals surface area contributed by atoms with Crippen molar-refractivity contribution in [2.75, 3.05) is 7.11 Å². The summed E-state index contributed by atoms with van der Waals surface area (Å²) in [5.41, 5.74) is 0.796. The van der Waals surface area contributed by atoms with Crippen LogP contribution in [0.15, 0.2) is 17.0 Å². The molecule has 0 bridgehead atoms. The summed E-state index contributed by atoms with van der Waals surface area (Å²) < 4.78 is 7.53. The molecule has 1 saturated carbocycles. The minimum Gasteiger partial charge on any atom is -0.469 e. The molecule has 0 atom stereocenters. The summed E-state index contributed by atoms with van der Waals surface area (Å²) >= 11 is 9.59. The summed E-state index contributed by atoms with van der Waals surface area (Å²) in [5, 5.41) is 0.436. The number of carbonyl (C=O) groups is 1. The second-order valence-electron chi connectivity index (χ2n) is 5.27. The highest BCUT2D eigenvalue weighted by atomic mass is 79.9. The Morgan fingerprint density at radius 3 is 2.81 bits per heavy atom. The smallest absolute Gasteiger partial charge is 0.308 e. The Kier molecular flexibility index (Phi) is 4.17. The zero-order valence-electron chi connectivity index (χ0n) is 11.6. The van der Waals surface area contributed by atoms with Gasteiger partial charge in [0.15, 0.2) is 5.15 Å². The van der Waals surface area contributed by atoms with Gasteiger partial charge in [-0.1, -0.05) is 11.6 Å². The molecule has 1 aliphatic rings. The van der Waals surface area contributed by atoms with Crippen molar-refractivity contribution < 1.29 is 9.53 Å². The topological polar surface area (TPSA) is 56.5 Å². The molecule has 1 aliphatic carbocycles. The first kappa shape index (κ1) is 14.8. The molecule has 5 nitrogen and oxygen atoms in total. The number of aromatic nitrogens is 3. The molecule has 0 unspecified atom stereocenters. The average Bonchev–Trinajstić information content (AvgIpc) is 2.85. The van der Waals surface area contributed by atoms with E-state index in [1.807, 2.05) is 10.6 Å². The molecule has 0 aliphatic heterocycles. The van der Waals surface area contributed by atoms with E-state index in [4.69, 9.17) is 16.3 Å². The second-order valence-corrected chi connectivity index (χ2v) is 6.38. The third kappa shape index (κ3) is 2.66. The van der Waals surface area contributed by atoms with Crippen LogP contribution in [0.5, 0.6) is 0 Å². The van der Waals surface area contributed by atoms with Gasteiger partial charge in [-0.15, -0.1) is 0 Å². The number of hydrogen-bond acceptors (Lipinski definition) is 4. The standard InChI is InChI=1S/C14H15BrClN3O2/c1-21-14(20)9-4-2-8(3-5-9)13-18-11(15)10-12(16)17-6-7-19(10)13/h6-9H,2-5H2,1H3. The third-order valence-electron chi connectivity index (χ3n) is 4.12. The van der Waals surface area contributed by atoms with E-state index in [2.05, 4.69) is 25.9 Å². The molecule has 0 amide bonds. The Balaban J connectivity index is 1.86. The number of nitrogens with zero attached hydrogens (tertiary/aromatic N) is 3. The molecule has 2 aromatic heterocycles. The van der Waals surface area contributed by atoms with Crippen LogP contribution >= 0.6 is 27.5 Å². The molecule has 2 heterocycles. The molecule has 0 saturated heterocycles. The van der Waals surface area contributed by atoms with E-state index in [1.54, 1.807) is 6.20 Å². The summed E-state index contributed by atoms with van der Waals surface area (Å²) in [6, 6.07) is 0. The zero-order chi connectivity index (χ0) is 15.0. The maximum absolute atomic E-state index is 11.6. The Morgan fingerprint density at radius 2 is 2.14 bits per heavy atom. The monoisotopic (exact) mass is 371 g/mol. The number of methoxy groups -OCH3 is 1. The van der Waals surface area contributed by atoms with Crippen molar-refractivity contribution in [2.24, 2.45) is 5.92 Å². The van der Waals surface area contributed by atoms with E-state index in [9.17, 15) is 4.79 Å². The predicted molar refractivity (Wildman–Crippen MR) is 82.4 cm³/mol. The fraction of sp³-hybridized carbons (Fsp3) is 0.500. The molecule has 1 fully saturated rings. The van der Waals surface area contributed by atoms with Crippen LogP contribution in [0.3, 0.4) is 0 Å². The molecule has 112 valence electrons. The molecule has 0 radical (unpaired) electrons. The maximum Gasteiger partial charge on any atom is 0.308 e. The molecule has 0 spiro atoms. The molecule has 0 N–H and O–H groups in total. The molecule has 0 aromatic carbocycles. The number of hydrogen-bond donors (Lipinski definition) is 0. The lowest BCUT2D eigenvalue weighted by Gasteiger charge is -2.26. The largest absolute Gasteiger partial charge is 0.469 e. The number of carbonyl (C=O) groups excluding carboxylic acids is 1. The first-order valence-electron chi connectivity index (χ1n) is 6.87. The number of rotatable bonds is 2. The third-order valence-corrected chi connectivity index (χ3v) is 4.95. The van der Waals surface area contributed by atoms with E-state index in [1.165, 1.54) is 7.11 Å². The number of halogens is 2. The number of esters is 1. The van der Waals surface area contributed by atoms with Crippen LogP contribution in [0.4, 0.5) is 0 Å². The van der Waals surface area contributed by atoms with Crippen molar-refractivity contribution in [3.8, 4) is 0 Å². The SMILES string of the molecule is COC(=O)C1CCC(c2nc(Br)c3c(Cl)nccn23)CC1. The van der Waals surface area contributed by atoms with Crippen molar-refractivity contribution in [2.45, 2.75) is 31.6 Å². The van der Waals surface area contributed by atoms with Crippen LogP contribution in [-0.2, 0) is 9.53 Å². The molecule has 3 rings (SSSR count). The highest BCUT2D eigenvalue weighted by Gasteiger charge is 2.30. The quantitative estimate of drug-likeness (QED) is 0.756. The van der Waals surface area contributed by atoms with E-state index in [0.717, 1.165) is 37.0 Å². The van der Waals surface area contributed by atoms with E-state index < -0.39 is 0 Å². The van der Waals surface area contributed by atoms with E-state index >= 15 is 0 Å². The maximum atomic E-state index is 11.6. The van der Waals surface area contributed by atoms with Gasteiger partial charge in [0.05, 0.1) is 13.0 Å². The van der Waals surface area contributed by atoms with Gasteiger partial charge in [0.2, 0.25) is 0 Å². The Hall–Kier alpha value is -1.14. The van der Waals surface area contributed by atoms with Gasteiger partial charge >= 0.3 is 5.97 Å². The zero-order valence-corrected chi connectivity index (χ0v) is 13.9. The van der Waals surface area contributed by atoms with Gasteiger partial charge in [0.1, 0.15) is 15.9 Å². The summed E-state index contributed by atoms with van der Waals surface area (Å²) in [7, 11) is 1.45. The van der Waals surface area contributed by atoms with Gasteiger partial charge in [0.25, 0.3) is 0 Å². The van der Waals surface area contributed by atoms with Crippen molar-refractivity contribution in [3.05, 3.63) is 28.0 Å². The van der Waals surface area contributed by atoms with Gasteiger partial charge in [-0.05, 0) is 41.6 Å². The summed E-state index contributed by atoms with van der Waals surface area (Å²) in [6.45, 7) is 0. The van der Waals surface area contributed by atoms with Crippen molar-refractivity contribution in [1.82, 2.24) is 14.4 Å². The number of ether oxygens (including phenoxy) is 1. The summed E-state index contributed by atoms with van der Waals surface area (Å²) in [6.07, 6.45) is 7.07. The molecular weight excluding hydrogens is 358 g/mol. The second kappa shape index (κ2) is 5.93. The van der Waals surface area contributed by atoms with Crippen LogP contribution in [0.1, 0.15) is 37.4 Å². The molecule has 21 heavy (non-hydrogen) atoms. The lowest BCUT2D eigenvalue weighted by molar-refractivity contribution is -0.146. The van der Waals surface area contributed by atoms with Crippen LogP contribution in [0.2, 0.25) is 5.15 Å². The van der Waals surface area contributed by atoms with E-state index in [-0.39, 0.29) is 11.9 Å². The highest BCUT2D eigenvalue weighted by Crippen LogP contribution is 2.37. The fourth-order valence-corrected chi connectivity index (χ4v) is 3.94. The minimum atomic E-state index is -0.102. The Labute approximate surface area is 135 Å². The summed E-state index contributed by atoms with van der Waals surface area (Å²) in [4.78, 5) is 20.3. The Morgan fingerprint density at radius 1 is 1.43 bits per heavy atom. The normalized spacial score (nSPS) is 22.4. The minimum absolute atomic E-state index is 0.0196. The average molecular weight is 373 g/mol. The van der Waals surface area contributed by atoms with Gasteiger partial charge in [-0.3, -0.25) is 9.20 Å². The van der Waals surface area contributed by atoms with Crippen molar-refractivity contribution >= 4 is 39.0 Å². The van der Waals surface area contributed by atoms with Crippen LogP contribution in [0, 0.1) is 5.92 Å². The Bertz CT molecular complexity index is 680.